The van der Waals surface area contributed by atoms with Gasteiger partial charge in [0.25, 0.3) is 0 Å². The van der Waals surface area contributed by atoms with Crippen LogP contribution in [0.2, 0.25) is 0 Å². The fraction of sp³-hybridized carbons (Fsp3) is 0.889. The van der Waals surface area contributed by atoms with E-state index in [1.807, 2.05) is 6.92 Å². The summed E-state index contributed by atoms with van der Waals surface area (Å²) in [7, 11) is 0. The SMILES string of the molecule is CCO[C@@H](N)CNC(=O)OC(C)(C)C. The molecule has 0 spiro atoms. The molecule has 0 aliphatic heterocycles. The summed E-state index contributed by atoms with van der Waals surface area (Å²) < 4.78 is 10.0. The quantitative estimate of drug-likeness (QED) is 0.665. The normalized spacial score (nSPS) is 13.5. The van der Waals surface area contributed by atoms with E-state index in [4.69, 9.17) is 15.2 Å². The van der Waals surface area contributed by atoms with Gasteiger partial charge >= 0.3 is 6.09 Å². The highest BCUT2D eigenvalue weighted by Crippen LogP contribution is 2.06. The molecule has 1 atom stereocenters. The molecule has 1 amide bonds. The fourth-order valence-corrected chi connectivity index (χ4v) is 0.771. The predicted molar refractivity (Wildman–Crippen MR) is 53.8 cm³/mol. The zero-order valence-electron chi connectivity index (χ0n) is 9.29. The highest BCUT2D eigenvalue weighted by atomic mass is 16.6. The average Bonchev–Trinajstić information content (AvgIpc) is 1.98. The lowest BCUT2D eigenvalue weighted by molar-refractivity contribution is 0.0397. The maximum absolute atomic E-state index is 11.1. The van der Waals surface area contributed by atoms with Gasteiger partial charge in [0.05, 0.1) is 6.54 Å². The minimum absolute atomic E-state index is 0.253. The van der Waals surface area contributed by atoms with Gasteiger partial charge in [-0.2, -0.15) is 0 Å². The molecule has 0 saturated heterocycles. The van der Waals surface area contributed by atoms with Gasteiger partial charge in [0.15, 0.2) is 0 Å². The van der Waals surface area contributed by atoms with Crippen molar-refractivity contribution in [2.24, 2.45) is 5.73 Å². The highest BCUT2D eigenvalue weighted by Gasteiger charge is 2.16. The number of hydrogen-bond donors (Lipinski definition) is 2. The zero-order chi connectivity index (χ0) is 11.2. The molecule has 3 N–H and O–H groups in total. The van der Waals surface area contributed by atoms with Crippen molar-refractivity contribution in [3.63, 3.8) is 0 Å². The van der Waals surface area contributed by atoms with Crippen LogP contribution in [0.25, 0.3) is 0 Å². The van der Waals surface area contributed by atoms with Gasteiger partial charge in [0, 0.05) is 6.61 Å². The Morgan fingerprint density at radius 3 is 2.50 bits per heavy atom. The van der Waals surface area contributed by atoms with Gasteiger partial charge < -0.3 is 20.5 Å². The molecule has 5 nitrogen and oxygen atoms in total. The van der Waals surface area contributed by atoms with E-state index in [-0.39, 0.29) is 6.54 Å². The number of carbonyl (C=O) groups is 1. The Bertz CT molecular complexity index is 177. The second-order valence-electron chi connectivity index (χ2n) is 3.88. The molecule has 0 aliphatic carbocycles. The first-order chi connectivity index (χ1) is 6.35. The Labute approximate surface area is 84.9 Å². The third-order valence-corrected chi connectivity index (χ3v) is 1.23. The molecule has 0 radical (unpaired) electrons. The van der Waals surface area contributed by atoms with Crippen LogP contribution >= 0.6 is 0 Å². The number of rotatable bonds is 4. The number of amides is 1. The van der Waals surface area contributed by atoms with Crippen molar-refractivity contribution in [1.82, 2.24) is 5.32 Å². The molecule has 14 heavy (non-hydrogen) atoms. The molecule has 84 valence electrons. The first-order valence-electron chi connectivity index (χ1n) is 4.69. The van der Waals surface area contributed by atoms with Crippen LogP contribution < -0.4 is 11.1 Å². The topological polar surface area (TPSA) is 73.6 Å². The number of carbonyl (C=O) groups excluding carboxylic acids is 1. The van der Waals surface area contributed by atoms with Gasteiger partial charge in [0.2, 0.25) is 0 Å². The van der Waals surface area contributed by atoms with Crippen LogP contribution in [0.4, 0.5) is 4.79 Å². The smallest absolute Gasteiger partial charge is 0.407 e. The monoisotopic (exact) mass is 204 g/mol. The van der Waals surface area contributed by atoms with Crippen molar-refractivity contribution < 1.29 is 14.3 Å². The second-order valence-corrected chi connectivity index (χ2v) is 3.88. The first-order valence-corrected chi connectivity index (χ1v) is 4.69. The van der Waals surface area contributed by atoms with Gasteiger partial charge in [-0.1, -0.05) is 0 Å². The Morgan fingerprint density at radius 1 is 1.50 bits per heavy atom. The minimum Gasteiger partial charge on any atom is -0.444 e. The molecule has 0 aliphatic rings. The van der Waals surface area contributed by atoms with Crippen molar-refractivity contribution >= 4 is 6.09 Å². The molecule has 0 rings (SSSR count). The van der Waals surface area contributed by atoms with Crippen molar-refractivity contribution in [1.29, 1.82) is 0 Å². The Morgan fingerprint density at radius 2 is 2.07 bits per heavy atom. The van der Waals surface area contributed by atoms with E-state index in [0.717, 1.165) is 0 Å². The summed E-state index contributed by atoms with van der Waals surface area (Å²) in [5.41, 5.74) is 5.02. The second kappa shape index (κ2) is 5.82. The summed E-state index contributed by atoms with van der Waals surface area (Å²) in [5.74, 6) is 0. The third kappa shape index (κ3) is 7.82. The lowest BCUT2D eigenvalue weighted by Gasteiger charge is -2.20. The molecule has 0 aromatic rings. The summed E-state index contributed by atoms with van der Waals surface area (Å²) in [4.78, 5) is 11.1. The van der Waals surface area contributed by atoms with Crippen LogP contribution in [-0.4, -0.2) is 31.1 Å². The number of nitrogens with two attached hydrogens (primary N) is 1. The number of nitrogens with one attached hydrogen (secondary N) is 1. The summed E-state index contributed by atoms with van der Waals surface area (Å²) >= 11 is 0. The maximum atomic E-state index is 11.1. The van der Waals surface area contributed by atoms with Gasteiger partial charge in [-0.15, -0.1) is 0 Å². The van der Waals surface area contributed by atoms with E-state index in [9.17, 15) is 4.79 Å². The van der Waals surface area contributed by atoms with E-state index in [1.54, 1.807) is 20.8 Å². The summed E-state index contributed by atoms with van der Waals surface area (Å²) in [6.45, 7) is 8.02. The minimum atomic E-state index is -0.486. The number of hydrogen-bond acceptors (Lipinski definition) is 4. The number of ether oxygens (including phenoxy) is 2. The molecule has 0 saturated carbocycles. The standard InChI is InChI=1S/C9H20N2O3/c1-5-13-7(10)6-11-8(12)14-9(2,3)4/h7H,5-6,10H2,1-4H3,(H,11,12)/t7-/m1/s1. The highest BCUT2D eigenvalue weighted by molar-refractivity contribution is 5.67. The van der Waals surface area contributed by atoms with E-state index in [2.05, 4.69) is 5.32 Å². The van der Waals surface area contributed by atoms with Crippen LogP contribution in [0.3, 0.4) is 0 Å². The van der Waals surface area contributed by atoms with E-state index < -0.39 is 17.9 Å². The Hall–Kier alpha value is -0.810. The predicted octanol–water partition coefficient (Wildman–Crippen LogP) is 0.832. The van der Waals surface area contributed by atoms with Crippen molar-refractivity contribution in [2.75, 3.05) is 13.2 Å². The Kier molecular flexibility index (Phi) is 5.49. The maximum Gasteiger partial charge on any atom is 0.407 e. The van der Waals surface area contributed by atoms with Crippen molar-refractivity contribution in [3.8, 4) is 0 Å². The molecule has 0 unspecified atom stereocenters. The van der Waals surface area contributed by atoms with E-state index in [1.165, 1.54) is 0 Å². The third-order valence-electron chi connectivity index (χ3n) is 1.23. The molecule has 0 bridgehead atoms. The summed E-state index contributed by atoms with van der Waals surface area (Å²) in [6.07, 6.45) is -0.958. The molecule has 0 heterocycles. The molecule has 0 aromatic carbocycles. The molecule has 5 heteroatoms. The average molecular weight is 204 g/mol. The fourth-order valence-electron chi connectivity index (χ4n) is 0.771. The lowest BCUT2D eigenvalue weighted by Crippen LogP contribution is -2.41. The van der Waals surface area contributed by atoms with Gasteiger partial charge in [0.1, 0.15) is 11.8 Å². The van der Waals surface area contributed by atoms with Gasteiger partial charge in [-0.25, -0.2) is 4.79 Å². The van der Waals surface area contributed by atoms with Crippen LogP contribution in [0.1, 0.15) is 27.7 Å². The molecule has 0 fully saturated rings. The van der Waals surface area contributed by atoms with Gasteiger partial charge in [-0.3, -0.25) is 0 Å². The van der Waals surface area contributed by atoms with Crippen molar-refractivity contribution in [2.45, 2.75) is 39.5 Å². The zero-order valence-corrected chi connectivity index (χ0v) is 9.29. The Balaban J connectivity index is 3.64. The van der Waals surface area contributed by atoms with Crippen LogP contribution in [0.15, 0.2) is 0 Å². The van der Waals surface area contributed by atoms with Crippen LogP contribution in [0, 0.1) is 0 Å². The summed E-state index contributed by atoms with van der Waals surface area (Å²) in [6, 6.07) is 0. The molecular formula is C9H20N2O3. The largest absolute Gasteiger partial charge is 0.444 e. The number of alkyl carbamates (subject to hydrolysis) is 1. The summed E-state index contributed by atoms with van der Waals surface area (Å²) in [5, 5.41) is 2.51. The molecule has 0 aromatic heterocycles. The van der Waals surface area contributed by atoms with Crippen molar-refractivity contribution in [3.05, 3.63) is 0 Å². The lowest BCUT2D eigenvalue weighted by atomic mass is 10.2. The van der Waals surface area contributed by atoms with Gasteiger partial charge in [-0.05, 0) is 27.7 Å². The molecular weight excluding hydrogens is 184 g/mol. The van der Waals surface area contributed by atoms with E-state index in [0.29, 0.717) is 6.61 Å². The van der Waals surface area contributed by atoms with Crippen LogP contribution in [-0.2, 0) is 9.47 Å². The first kappa shape index (κ1) is 13.2. The van der Waals surface area contributed by atoms with Crippen LogP contribution in [0.5, 0.6) is 0 Å². The van der Waals surface area contributed by atoms with E-state index >= 15 is 0 Å².